The van der Waals surface area contributed by atoms with Crippen molar-refractivity contribution in [3.05, 3.63) is 40.5 Å². The fourth-order valence-corrected chi connectivity index (χ4v) is 3.28. The molecule has 0 saturated carbocycles. The number of amides is 1. The predicted octanol–water partition coefficient (Wildman–Crippen LogP) is 1.32. The van der Waals surface area contributed by atoms with Crippen molar-refractivity contribution in [3.63, 3.8) is 0 Å². The molecule has 0 spiro atoms. The number of methoxy groups -OCH3 is 1. The summed E-state index contributed by atoms with van der Waals surface area (Å²) in [6.45, 7) is 4.71. The number of furan rings is 1. The molecule has 0 atom stereocenters. The standard InChI is InChI=1S/C17H24N4O4/c1-3-20-15(18-21(17(20)23)10-12-24-2)13-6-8-19(9-7-13)16(22)14-5-4-11-25-14/h4-5,11,13H,3,6-10,12H2,1-2H3. The Morgan fingerprint density at radius 3 is 2.76 bits per heavy atom. The van der Waals surface area contributed by atoms with Gasteiger partial charge in [0.15, 0.2) is 5.76 Å². The third kappa shape index (κ3) is 3.53. The third-order valence-corrected chi connectivity index (χ3v) is 4.65. The molecule has 0 aliphatic carbocycles. The molecule has 1 saturated heterocycles. The summed E-state index contributed by atoms with van der Waals surface area (Å²) in [5, 5.41) is 4.53. The van der Waals surface area contributed by atoms with E-state index in [-0.39, 0.29) is 17.5 Å². The van der Waals surface area contributed by atoms with E-state index in [1.54, 1.807) is 28.7 Å². The molecule has 1 amide bonds. The molecule has 8 nitrogen and oxygen atoms in total. The van der Waals surface area contributed by atoms with Crippen LogP contribution in [0.25, 0.3) is 0 Å². The maximum absolute atomic E-state index is 12.4. The fourth-order valence-electron chi connectivity index (χ4n) is 3.28. The summed E-state index contributed by atoms with van der Waals surface area (Å²) in [6.07, 6.45) is 3.08. The van der Waals surface area contributed by atoms with Crippen molar-refractivity contribution in [2.24, 2.45) is 0 Å². The molecule has 1 fully saturated rings. The molecule has 1 aliphatic heterocycles. The van der Waals surface area contributed by atoms with Gasteiger partial charge in [0, 0.05) is 32.7 Å². The van der Waals surface area contributed by atoms with Crippen LogP contribution in [-0.4, -0.2) is 52.0 Å². The molecule has 0 bridgehead atoms. The predicted molar refractivity (Wildman–Crippen MR) is 90.6 cm³/mol. The van der Waals surface area contributed by atoms with Crippen LogP contribution in [0, 0.1) is 0 Å². The highest BCUT2D eigenvalue weighted by atomic mass is 16.5. The van der Waals surface area contributed by atoms with Gasteiger partial charge < -0.3 is 14.1 Å². The zero-order chi connectivity index (χ0) is 17.8. The topological polar surface area (TPSA) is 82.5 Å². The molecule has 0 unspecified atom stereocenters. The second kappa shape index (κ2) is 7.69. The van der Waals surface area contributed by atoms with Gasteiger partial charge in [0.25, 0.3) is 5.91 Å². The number of likely N-dealkylation sites (tertiary alicyclic amines) is 1. The lowest BCUT2D eigenvalue weighted by molar-refractivity contribution is 0.0678. The van der Waals surface area contributed by atoms with Crippen LogP contribution in [0.15, 0.2) is 27.6 Å². The molecule has 136 valence electrons. The Morgan fingerprint density at radius 1 is 1.40 bits per heavy atom. The van der Waals surface area contributed by atoms with E-state index in [1.807, 2.05) is 6.92 Å². The minimum absolute atomic E-state index is 0.0815. The average Bonchev–Trinajstić information content (AvgIpc) is 3.28. The van der Waals surface area contributed by atoms with Crippen molar-refractivity contribution >= 4 is 5.91 Å². The Hall–Kier alpha value is -2.35. The molecule has 3 rings (SSSR count). The van der Waals surface area contributed by atoms with E-state index in [2.05, 4.69) is 5.10 Å². The van der Waals surface area contributed by atoms with Gasteiger partial charge in [-0.3, -0.25) is 9.36 Å². The number of hydrogen-bond donors (Lipinski definition) is 0. The molecule has 0 aromatic carbocycles. The first kappa shape index (κ1) is 17.5. The maximum atomic E-state index is 12.4. The minimum atomic E-state index is -0.0939. The Labute approximate surface area is 146 Å². The highest BCUT2D eigenvalue weighted by molar-refractivity contribution is 5.91. The van der Waals surface area contributed by atoms with Crippen molar-refractivity contribution in [2.45, 2.75) is 38.8 Å². The van der Waals surface area contributed by atoms with E-state index < -0.39 is 0 Å². The zero-order valence-electron chi connectivity index (χ0n) is 14.7. The molecule has 1 aliphatic rings. The summed E-state index contributed by atoms with van der Waals surface area (Å²) >= 11 is 0. The van der Waals surface area contributed by atoms with E-state index in [4.69, 9.17) is 9.15 Å². The first-order chi connectivity index (χ1) is 12.2. The van der Waals surface area contributed by atoms with Crippen molar-refractivity contribution < 1.29 is 13.9 Å². The first-order valence-corrected chi connectivity index (χ1v) is 8.65. The quantitative estimate of drug-likeness (QED) is 0.786. The van der Waals surface area contributed by atoms with Crippen LogP contribution in [0.2, 0.25) is 0 Å². The van der Waals surface area contributed by atoms with Gasteiger partial charge >= 0.3 is 5.69 Å². The van der Waals surface area contributed by atoms with Gasteiger partial charge in [-0.1, -0.05) is 0 Å². The highest BCUT2D eigenvalue weighted by Crippen LogP contribution is 2.27. The molecular formula is C17H24N4O4. The largest absolute Gasteiger partial charge is 0.459 e. The van der Waals surface area contributed by atoms with Gasteiger partial charge in [0.2, 0.25) is 0 Å². The number of piperidine rings is 1. The second-order valence-corrected chi connectivity index (χ2v) is 6.14. The minimum Gasteiger partial charge on any atom is -0.459 e. The Balaban J connectivity index is 1.70. The summed E-state index contributed by atoms with van der Waals surface area (Å²) in [4.78, 5) is 26.6. The molecular weight excluding hydrogens is 324 g/mol. The summed E-state index contributed by atoms with van der Waals surface area (Å²) in [6, 6.07) is 3.40. The van der Waals surface area contributed by atoms with Gasteiger partial charge in [-0.25, -0.2) is 9.48 Å². The van der Waals surface area contributed by atoms with Crippen LogP contribution in [0.3, 0.4) is 0 Å². The number of nitrogens with zero attached hydrogens (tertiary/aromatic N) is 4. The van der Waals surface area contributed by atoms with Crippen LogP contribution < -0.4 is 5.69 Å². The normalized spacial score (nSPS) is 15.7. The van der Waals surface area contributed by atoms with Crippen molar-refractivity contribution in [1.29, 1.82) is 0 Å². The number of carbonyl (C=O) groups excluding carboxylic acids is 1. The van der Waals surface area contributed by atoms with Crippen LogP contribution >= 0.6 is 0 Å². The lowest BCUT2D eigenvalue weighted by Crippen LogP contribution is -2.38. The molecule has 25 heavy (non-hydrogen) atoms. The Morgan fingerprint density at radius 2 is 2.16 bits per heavy atom. The lowest BCUT2D eigenvalue weighted by atomic mass is 9.95. The molecule has 2 aromatic rings. The van der Waals surface area contributed by atoms with E-state index in [0.29, 0.717) is 38.5 Å². The SMILES string of the molecule is CCn1c(C2CCN(C(=O)c3ccco3)CC2)nn(CCOC)c1=O. The number of hydrogen-bond acceptors (Lipinski definition) is 5. The number of rotatable bonds is 6. The van der Waals surface area contributed by atoms with Gasteiger partial charge in [-0.05, 0) is 31.9 Å². The van der Waals surface area contributed by atoms with Crippen molar-refractivity contribution in [1.82, 2.24) is 19.2 Å². The van der Waals surface area contributed by atoms with E-state index in [9.17, 15) is 9.59 Å². The third-order valence-electron chi connectivity index (χ3n) is 4.65. The Bertz CT molecular complexity index is 754. The second-order valence-electron chi connectivity index (χ2n) is 6.14. The number of aromatic nitrogens is 3. The van der Waals surface area contributed by atoms with Crippen LogP contribution in [0.4, 0.5) is 0 Å². The molecule has 3 heterocycles. The summed E-state index contributed by atoms with van der Waals surface area (Å²) in [7, 11) is 1.61. The van der Waals surface area contributed by atoms with Crippen molar-refractivity contribution in [2.75, 3.05) is 26.8 Å². The summed E-state index contributed by atoms with van der Waals surface area (Å²) in [5.41, 5.74) is -0.0939. The van der Waals surface area contributed by atoms with Gasteiger partial charge in [0.1, 0.15) is 5.82 Å². The van der Waals surface area contributed by atoms with E-state index in [0.717, 1.165) is 18.7 Å². The monoisotopic (exact) mass is 348 g/mol. The fraction of sp³-hybridized carbons (Fsp3) is 0.588. The average molecular weight is 348 g/mol. The van der Waals surface area contributed by atoms with E-state index in [1.165, 1.54) is 10.9 Å². The molecule has 0 radical (unpaired) electrons. The smallest absolute Gasteiger partial charge is 0.345 e. The summed E-state index contributed by atoms with van der Waals surface area (Å²) < 4.78 is 13.4. The van der Waals surface area contributed by atoms with Gasteiger partial charge in [-0.15, -0.1) is 0 Å². The molecule has 0 N–H and O–H groups in total. The van der Waals surface area contributed by atoms with E-state index >= 15 is 0 Å². The maximum Gasteiger partial charge on any atom is 0.345 e. The van der Waals surface area contributed by atoms with Crippen LogP contribution in [-0.2, 0) is 17.8 Å². The zero-order valence-corrected chi connectivity index (χ0v) is 14.7. The first-order valence-electron chi connectivity index (χ1n) is 8.65. The van der Waals surface area contributed by atoms with Crippen LogP contribution in [0.5, 0.6) is 0 Å². The summed E-state index contributed by atoms with van der Waals surface area (Å²) in [5.74, 6) is 1.28. The molecule has 8 heteroatoms. The number of carbonyl (C=O) groups is 1. The van der Waals surface area contributed by atoms with Gasteiger partial charge in [0.05, 0.1) is 19.4 Å². The molecule has 2 aromatic heterocycles. The Kier molecular flexibility index (Phi) is 5.37. The van der Waals surface area contributed by atoms with Crippen molar-refractivity contribution in [3.8, 4) is 0 Å². The van der Waals surface area contributed by atoms with Gasteiger partial charge in [-0.2, -0.15) is 5.10 Å². The lowest BCUT2D eigenvalue weighted by Gasteiger charge is -2.31. The number of ether oxygens (including phenoxy) is 1. The highest BCUT2D eigenvalue weighted by Gasteiger charge is 2.29. The van der Waals surface area contributed by atoms with Crippen LogP contribution in [0.1, 0.15) is 42.1 Å².